The molecule has 0 aromatic carbocycles. The summed E-state index contributed by atoms with van der Waals surface area (Å²) in [5.41, 5.74) is -0.0869. The Hall–Kier alpha value is -2.91. The molecule has 4 heterocycles. The van der Waals surface area contributed by atoms with Gasteiger partial charge in [-0.25, -0.2) is 4.98 Å². The van der Waals surface area contributed by atoms with Crippen LogP contribution in [0.25, 0.3) is 11.1 Å². The van der Waals surface area contributed by atoms with Crippen LogP contribution in [0, 0.1) is 0 Å². The summed E-state index contributed by atoms with van der Waals surface area (Å²) >= 11 is 0. The normalized spacial score (nSPS) is 17.8. The number of rotatable bonds is 3. The molecular formula is C19H20F3N5O2. The van der Waals surface area contributed by atoms with E-state index in [0.29, 0.717) is 37.2 Å². The Balaban J connectivity index is 1.70. The van der Waals surface area contributed by atoms with Crippen LogP contribution in [-0.2, 0) is 19.6 Å². The maximum atomic E-state index is 13.7. The summed E-state index contributed by atoms with van der Waals surface area (Å²) < 4.78 is 47.9. The number of aromatic nitrogens is 4. The highest BCUT2D eigenvalue weighted by molar-refractivity contribution is 5.92. The zero-order valence-corrected chi connectivity index (χ0v) is 16.0. The molecule has 1 saturated heterocycles. The molecule has 29 heavy (non-hydrogen) atoms. The van der Waals surface area contributed by atoms with Crippen LogP contribution in [0.4, 0.5) is 13.2 Å². The van der Waals surface area contributed by atoms with Gasteiger partial charge in [-0.05, 0) is 31.4 Å². The lowest BCUT2D eigenvalue weighted by atomic mass is 9.91. The number of aryl methyl sites for hydroxylation is 2. The molecule has 1 atom stereocenters. The van der Waals surface area contributed by atoms with Gasteiger partial charge in [-0.15, -0.1) is 0 Å². The Morgan fingerprint density at radius 1 is 1.38 bits per heavy atom. The van der Waals surface area contributed by atoms with Crippen molar-refractivity contribution in [2.24, 2.45) is 7.05 Å². The number of carbonyl (C=O) groups excluding carboxylic acids is 1. The lowest BCUT2D eigenvalue weighted by molar-refractivity contribution is -0.136. The summed E-state index contributed by atoms with van der Waals surface area (Å²) in [6.45, 7) is 2.50. The second-order valence-electron chi connectivity index (χ2n) is 7.23. The number of hydrogen-bond acceptors (Lipinski definition) is 5. The fraction of sp³-hybridized carbons (Fsp3) is 0.474. The van der Waals surface area contributed by atoms with E-state index in [4.69, 9.17) is 4.52 Å². The molecule has 7 nitrogen and oxygen atoms in total. The molecule has 10 heteroatoms. The Morgan fingerprint density at radius 2 is 2.17 bits per heavy atom. The van der Waals surface area contributed by atoms with Gasteiger partial charge in [0.25, 0.3) is 11.6 Å². The van der Waals surface area contributed by atoms with Gasteiger partial charge in [-0.1, -0.05) is 12.1 Å². The van der Waals surface area contributed by atoms with E-state index < -0.39 is 11.7 Å². The second-order valence-corrected chi connectivity index (χ2v) is 7.23. The number of alkyl halides is 3. The Labute approximate surface area is 164 Å². The molecule has 0 aliphatic carbocycles. The number of carbonyl (C=O) groups is 1. The third-order valence-electron chi connectivity index (χ3n) is 5.22. The van der Waals surface area contributed by atoms with Crippen LogP contribution >= 0.6 is 0 Å². The molecule has 1 unspecified atom stereocenters. The topological polar surface area (TPSA) is 77.0 Å². The van der Waals surface area contributed by atoms with Gasteiger partial charge in [0, 0.05) is 37.9 Å². The minimum Gasteiger partial charge on any atom is -0.337 e. The largest absolute Gasteiger partial charge is 0.417 e. The van der Waals surface area contributed by atoms with Gasteiger partial charge in [0.2, 0.25) is 0 Å². The van der Waals surface area contributed by atoms with Gasteiger partial charge < -0.3 is 9.42 Å². The van der Waals surface area contributed by atoms with Crippen molar-refractivity contribution in [1.29, 1.82) is 0 Å². The molecular weight excluding hydrogens is 387 g/mol. The van der Waals surface area contributed by atoms with Gasteiger partial charge in [0.15, 0.2) is 0 Å². The van der Waals surface area contributed by atoms with E-state index in [1.807, 2.05) is 0 Å². The van der Waals surface area contributed by atoms with Crippen molar-refractivity contribution in [3.8, 4) is 0 Å². The maximum Gasteiger partial charge on any atom is 0.417 e. The first-order valence-corrected chi connectivity index (χ1v) is 9.43. The second kappa shape index (κ2) is 7.16. The molecule has 3 aromatic rings. The first-order chi connectivity index (χ1) is 13.8. The number of halogens is 3. The van der Waals surface area contributed by atoms with E-state index in [1.54, 1.807) is 31.1 Å². The van der Waals surface area contributed by atoms with Crippen molar-refractivity contribution in [3.63, 3.8) is 0 Å². The van der Waals surface area contributed by atoms with Crippen molar-refractivity contribution in [1.82, 2.24) is 24.8 Å². The van der Waals surface area contributed by atoms with Crippen molar-refractivity contribution >= 4 is 17.0 Å². The number of piperidine rings is 1. The first kappa shape index (κ1) is 19.4. The fourth-order valence-corrected chi connectivity index (χ4v) is 3.78. The monoisotopic (exact) mass is 407 g/mol. The number of nitrogens with zero attached hydrogens (tertiary/aromatic N) is 5. The van der Waals surface area contributed by atoms with Gasteiger partial charge >= 0.3 is 6.18 Å². The van der Waals surface area contributed by atoms with Gasteiger partial charge in [-0.3, -0.25) is 9.48 Å². The Morgan fingerprint density at radius 3 is 2.83 bits per heavy atom. The molecule has 0 N–H and O–H groups in total. The lowest BCUT2D eigenvalue weighted by Crippen LogP contribution is -2.39. The predicted octanol–water partition coefficient (Wildman–Crippen LogP) is 3.56. The maximum absolute atomic E-state index is 13.7. The zero-order chi connectivity index (χ0) is 20.8. The van der Waals surface area contributed by atoms with Crippen LogP contribution in [0.1, 0.15) is 53.1 Å². The average Bonchev–Trinajstić information content (AvgIpc) is 3.32. The summed E-state index contributed by atoms with van der Waals surface area (Å²) in [5.74, 6) is -0.612. The quantitative estimate of drug-likeness (QED) is 0.664. The highest BCUT2D eigenvalue weighted by Gasteiger charge is 2.38. The van der Waals surface area contributed by atoms with E-state index in [9.17, 15) is 18.0 Å². The van der Waals surface area contributed by atoms with Crippen molar-refractivity contribution < 1.29 is 22.5 Å². The average molecular weight is 407 g/mol. The van der Waals surface area contributed by atoms with Crippen LogP contribution in [0.15, 0.2) is 22.9 Å². The molecule has 1 fully saturated rings. The van der Waals surface area contributed by atoms with E-state index in [0.717, 1.165) is 6.07 Å². The molecule has 3 aromatic heterocycles. The van der Waals surface area contributed by atoms with Crippen LogP contribution in [0.3, 0.4) is 0 Å². The lowest BCUT2D eigenvalue weighted by Gasteiger charge is -2.31. The minimum absolute atomic E-state index is 0.105. The highest BCUT2D eigenvalue weighted by atomic mass is 19.4. The number of pyridine rings is 1. The van der Waals surface area contributed by atoms with E-state index in [-0.39, 0.29) is 35.2 Å². The number of amides is 1. The molecule has 154 valence electrons. The molecule has 1 aliphatic heterocycles. The van der Waals surface area contributed by atoms with Crippen molar-refractivity contribution in [2.75, 3.05) is 13.1 Å². The molecule has 0 radical (unpaired) electrons. The SMILES string of the molecule is CCc1cc(C(F)(F)F)c2c(C3CCCN(C(=O)c4ccn(C)n4)C3)noc2n1. The third kappa shape index (κ3) is 3.58. The Kier molecular flexibility index (Phi) is 4.79. The van der Waals surface area contributed by atoms with Crippen LogP contribution < -0.4 is 0 Å². The predicted molar refractivity (Wildman–Crippen MR) is 97.3 cm³/mol. The molecule has 0 bridgehead atoms. The Bertz CT molecular complexity index is 1060. The van der Waals surface area contributed by atoms with Gasteiger partial charge in [-0.2, -0.15) is 18.3 Å². The van der Waals surface area contributed by atoms with Crippen molar-refractivity contribution in [2.45, 2.75) is 38.3 Å². The summed E-state index contributed by atoms with van der Waals surface area (Å²) in [4.78, 5) is 18.5. The van der Waals surface area contributed by atoms with Crippen molar-refractivity contribution in [3.05, 3.63) is 41.0 Å². The molecule has 1 aliphatic rings. The van der Waals surface area contributed by atoms with Crippen LogP contribution in [0.2, 0.25) is 0 Å². The number of hydrogen-bond donors (Lipinski definition) is 0. The smallest absolute Gasteiger partial charge is 0.337 e. The summed E-state index contributed by atoms with van der Waals surface area (Å²) in [5, 5.41) is 7.96. The zero-order valence-electron chi connectivity index (χ0n) is 16.0. The highest BCUT2D eigenvalue weighted by Crippen LogP contribution is 2.40. The summed E-state index contributed by atoms with van der Waals surface area (Å²) in [6, 6.07) is 2.68. The summed E-state index contributed by atoms with van der Waals surface area (Å²) in [6.07, 6.45) is -1.26. The standard InChI is InChI=1S/C19H20F3N5O2/c1-3-12-9-13(19(20,21)22)15-16(25-29-17(15)23-12)11-5-4-7-27(10-11)18(28)14-6-8-26(2)24-14/h6,8-9,11H,3-5,7,10H2,1-2H3. The number of likely N-dealkylation sites (tertiary alicyclic amines) is 1. The van der Waals surface area contributed by atoms with E-state index in [2.05, 4.69) is 15.2 Å². The molecule has 0 spiro atoms. The van der Waals surface area contributed by atoms with Crippen LogP contribution in [0.5, 0.6) is 0 Å². The number of fused-ring (bicyclic) bond motifs is 1. The first-order valence-electron chi connectivity index (χ1n) is 9.43. The summed E-state index contributed by atoms with van der Waals surface area (Å²) in [7, 11) is 1.72. The molecule has 0 saturated carbocycles. The third-order valence-corrected chi connectivity index (χ3v) is 5.22. The van der Waals surface area contributed by atoms with Gasteiger partial charge in [0.05, 0.1) is 16.6 Å². The van der Waals surface area contributed by atoms with E-state index in [1.165, 1.54) is 4.68 Å². The van der Waals surface area contributed by atoms with E-state index >= 15 is 0 Å². The minimum atomic E-state index is -4.55. The fourth-order valence-electron chi connectivity index (χ4n) is 3.78. The molecule has 1 amide bonds. The van der Waals surface area contributed by atoms with Gasteiger partial charge in [0.1, 0.15) is 5.69 Å². The molecule has 4 rings (SSSR count). The van der Waals surface area contributed by atoms with Crippen LogP contribution in [-0.4, -0.2) is 43.8 Å².